The van der Waals surface area contributed by atoms with Crippen LogP contribution in [-0.2, 0) is 14.3 Å². The number of alkyl carbamates (subject to hydrolysis) is 1. The minimum atomic E-state index is -3.00. The molecule has 1 aromatic carbocycles. The molecule has 0 fully saturated rings. The summed E-state index contributed by atoms with van der Waals surface area (Å²) in [6.45, 7) is 3.71. The van der Waals surface area contributed by atoms with Crippen LogP contribution < -0.4 is 10.1 Å². The molecule has 8 heteroatoms. The van der Waals surface area contributed by atoms with Crippen LogP contribution in [0.4, 0.5) is 13.6 Å². The number of rotatable bonds is 6. The second-order valence-electron chi connectivity index (χ2n) is 5.78. The average molecular weight is 345 g/mol. The Bertz CT molecular complexity index is 572. The number of esters is 1. The number of ether oxygens (including phenoxy) is 3. The van der Waals surface area contributed by atoms with Crippen LogP contribution in [0.15, 0.2) is 24.3 Å². The summed E-state index contributed by atoms with van der Waals surface area (Å²) >= 11 is 0. The normalized spacial score (nSPS) is 12.5. The summed E-state index contributed by atoms with van der Waals surface area (Å²) in [5, 5.41) is 2.38. The Morgan fingerprint density at radius 3 is 2.46 bits per heavy atom. The molecule has 0 unspecified atom stereocenters. The van der Waals surface area contributed by atoms with Crippen LogP contribution in [0, 0.1) is 0 Å². The fourth-order valence-corrected chi connectivity index (χ4v) is 1.80. The van der Waals surface area contributed by atoms with Crippen molar-refractivity contribution in [3.05, 3.63) is 29.8 Å². The molecule has 0 aliphatic heterocycles. The number of nitrogens with one attached hydrogen (secondary N) is 1. The van der Waals surface area contributed by atoms with Crippen LogP contribution >= 0.6 is 0 Å². The van der Waals surface area contributed by atoms with Crippen LogP contribution in [-0.4, -0.2) is 30.9 Å². The number of halogens is 2. The third-order valence-electron chi connectivity index (χ3n) is 2.60. The maximum atomic E-state index is 12.3. The number of alkyl halides is 2. The maximum Gasteiger partial charge on any atom is 0.408 e. The summed E-state index contributed by atoms with van der Waals surface area (Å²) in [7, 11) is 0. The van der Waals surface area contributed by atoms with Gasteiger partial charge in [0.2, 0.25) is 0 Å². The fraction of sp³-hybridized carbons (Fsp3) is 0.500. The third-order valence-corrected chi connectivity index (χ3v) is 2.60. The zero-order valence-electron chi connectivity index (χ0n) is 14.0. The van der Waals surface area contributed by atoms with E-state index in [0.29, 0.717) is 0 Å². The van der Waals surface area contributed by atoms with Gasteiger partial charge in [-0.05, 0) is 45.4 Å². The standard InChI is InChI=1S/C16H21F2NO5/c1-5-22-13(20)12(19-15(21)24-16(2,3)4)10-7-6-8-11(9-10)23-14(17)18/h6-9,12,14H,5H2,1-4H3,(H,19,21)/t12-/m1/s1. The predicted molar refractivity (Wildman–Crippen MR) is 81.8 cm³/mol. The minimum absolute atomic E-state index is 0.0958. The summed E-state index contributed by atoms with van der Waals surface area (Å²) in [4.78, 5) is 24.0. The zero-order valence-corrected chi connectivity index (χ0v) is 14.0. The molecule has 1 atom stereocenters. The van der Waals surface area contributed by atoms with Crippen molar-refractivity contribution in [3.8, 4) is 5.75 Å². The van der Waals surface area contributed by atoms with Gasteiger partial charge in [-0.2, -0.15) is 8.78 Å². The molecular formula is C16H21F2NO5. The van der Waals surface area contributed by atoms with Gasteiger partial charge < -0.3 is 19.5 Å². The number of carbonyl (C=O) groups excluding carboxylic acids is 2. The molecule has 1 N–H and O–H groups in total. The van der Waals surface area contributed by atoms with Crippen molar-refractivity contribution >= 4 is 12.1 Å². The van der Waals surface area contributed by atoms with Crippen molar-refractivity contribution in [2.24, 2.45) is 0 Å². The first-order valence-corrected chi connectivity index (χ1v) is 7.33. The molecule has 0 spiro atoms. The van der Waals surface area contributed by atoms with Crippen LogP contribution in [0.5, 0.6) is 5.75 Å². The highest BCUT2D eigenvalue weighted by Gasteiger charge is 2.27. The Balaban J connectivity index is 3.01. The molecular weight excluding hydrogens is 324 g/mol. The lowest BCUT2D eigenvalue weighted by Gasteiger charge is -2.23. The quantitative estimate of drug-likeness (QED) is 0.800. The Morgan fingerprint density at radius 2 is 1.92 bits per heavy atom. The monoisotopic (exact) mass is 345 g/mol. The largest absolute Gasteiger partial charge is 0.464 e. The van der Waals surface area contributed by atoms with Gasteiger partial charge in [0.15, 0.2) is 6.04 Å². The lowest BCUT2D eigenvalue weighted by Crippen LogP contribution is -2.38. The molecule has 0 heterocycles. The number of hydrogen-bond donors (Lipinski definition) is 1. The van der Waals surface area contributed by atoms with E-state index < -0.39 is 30.3 Å². The molecule has 0 aliphatic carbocycles. The molecule has 1 amide bonds. The molecule has 1 aromatic rings. The SMILES string of the molecule is CCOC(=O)[C@H](NC(=O)OC(C)(C)C)c1cccc(OC(F)F)c1. The van der Waals surface area contributed by atoms with Crippen molar-refractivity contribution in [2.75, 3.05) is 6.61 Å². The number of hydrogen-bond acceptors (Lipinski definition) is 5. The number of amides is 1. The number of carbonyl (C=O) groups is 2. The van der Waals surface area contributed by atoms with Gasteiger partial charge in [-0.15, -0.1) is 0 Å². The highest BCUT2D eigenvalue weighted by Crippen LogP contribution is 2.22. The summed E-state index contributed by atoms with van der Waals surface area (Å²) in [5.41, 5.74) is -0.526. The second-order valence-corrected chi connectivity index (χ2v) is 5.78. The van der Waals surface area contributed by atoms with E-state index >= 15 is 0 Å². The molecule has 0 saturated carbocycles. The molecule has 0 radical (unpaired) electrons. The first-order valence-electron chi connectivity index (χ1n) is 7.33. The van der Waals surface area contributed by atoms with Crippen LogP contribution in [0.2, 0.25) is 0 Å². The zero-order chi connectivity index (χ0) is 18.3. The third kappa shape index (κ3) is 6.80. The minimum Gasteiger partial charge on any atom is -0.464 e. The smallest absolute Gasteiger partial charge is 0.408 e. The average Bonchev–Trinajstić information content (AvgIpc) is 2.42. The van der Waals surface area contributed by atoms with Gasteiger partial charge in [-0.1, -0.05) is 12.1 Å². The summed E-state index contributed by atoms with van der Waals surface area (Å²) < 4.78 is 39.0. The maximum absolute atomic E-state index is 12.3. The van der Waals surface area contributed by atoms with E-state index in [-0.39, 0.29) is 17.9 Å². The van der Waals surface area contributed by atoms with E-state index in [2.05, 4.69) is 10.1 Å². The van der Waals surface area contributed by atoms with E-state index in [1.807, 2.05) is 0 Å². The van der Waals surface area contributed by atoms with E-state index in [0.717, 1.165) is 0 Å². The van der Waals surface area contributed by atoms with Crippen LogP contribution in [0.1, 0.15) is 39.3 Å². The molecule has 0 saturated heterocycles. The Hall–Kier alpha value is -2.38. The second kappa shape index (κ2) is 8.47. The summed E-state index contributed by atoms with van der Waals surface area (Å²) in [6, 6.07) is 4.24. The van der Waals surface area contributed by atoms with Gasteiger partial charge in [0.05, 0.1) is 6.61 Å². The molecule has 0 aromatic heterocycles. The molecule has 1 rings (SSSR count). The Kier molecular flexibility index (Phi) is 6.94. The number of benzene rings is 1. The predicted octanol–water partition coefficient (Wildman–Crippen LogP) is 3.42. The lowest BCUT2D eigenvalue weighted by atomic mass is 10.1. The Morgan fingerprint density at radius 1 is 1.25 bits per heavy atom. The van der Waals surface area contributed by atoms with Gasteiger partial charge in [-0.25, -0.2) is 9.59 Å². The highest BCUT2D eigenvalue weighted by molar-refractivity contribution is 5.83. The van der Waals surface area contributed by atoms with E-state index in [4.69, 9.17) is 9.47 Å². The molecule has 0 aliphatic rings. The van der Waals surface area contributed by atoms with Gasteiger partial charge in [-0.3, -0.25) is 0 Å². The Labute approximate surface area is 139 Å². The molecule has 0 bridgehead atoms. The van der Waals surface area contributed by atoms with Crippen LogP contribution in [0.3, 0.4) is 0 Å². The molecule has 134 valence electrons. The topological polar surface area (TPSA) is 73.9 Å². The molecule has 24 heavy (non-hydrogen) atoms. The van der Waals surface area contributed by atoms with Crippen molar-refractivity contribution < 1.29 is 32.6 Å². The van der Waals surface area contributed by atoms with Gasteiger partial charge in [0, 0.05) is 0 Å². The first kappa shape index (κ1) is 19.7. The van der Waals surface area contributed by atoms with E-state index in [1.165, 1.54) is 24.3 Å². The van der Waals surface area contributed by atoms with Gasteiger partial charge >= 0.3 is 18.7 Å². The molecule has 6 nitrogen and oxygen atoms in total. The van der Waals surface area contributed by atoms with E-state index in [9.17, 15) is 18.4 Å². The summed E-state index contributed by atoms with van der Waals surface area (Å²) in [6.07, 6.45) is -0.833. The van der Waals surface area contributed by atoms with Crippen LogP contribution in [0.25, 0.3) is 0 Å². The highest BCUT2D eigenvalue weighted by atomic mass is 19.3. The van der Waals surface area contributed by atoms with Crippen molar-refractivity contribution in [1.82, 2.24) is 5.32 Å². The lowest BCUT2D eigenvalue weighted by molar-refractivity contribution is -0.145. The van der Waals surface area contributed by atoms with Gasteiger partial charge in [0.25, 0.3) is 0 Å². The van der Waals surface area contributed by atoms with Crippen molar-refractivity contribution in [3.63, 3.8) is 0 Å². The van der Waals surface area contributed by atoms with Crippen molar-refractivity contribution in [2.45, 2.75) is 45.9 Å². The first-order chi connectivity index (χ1) is 11.1. The van der Waals surface area contributed by atoms with E-state index in [1.54, 1.807) is 27.7 Å². The van der Waals surface area contributed by atoms with Gasteiger partial charge in [0.1, 0.15) is 11.4 Å². The van der Waals surface area contributed by atoms with Crippen molar-refractivity contribution in [1.29, 1.82) is 0 Å². The summed E-state index contributed by atoms with van der Waals surface area (Å²) in [5.74, 6) is -0.875. The fourth-order valence-electron chi connectivity index (χ4n) is 1.80.